The number of benzene rings is 5. The summed E-state index contributed by atoms with van der Waals surface area (Å²) in [7, 11) is -3.91. The van der Waals surface area contributed by atoms with E-state index < -0.39 is 34.2 Å². The average Bonchev–Trinajstić information content (AvgIpc) is 3.35. The molecule has 67 heavy (non-hydrogen) atoms. The molecule has 3 aliphatic heterocycles. The summed E-state index contributed by atoms with van der Waals surface area (Å²) in [6.07, 6.45) is 2.72. The quantitative estimate of drug-likeness (QED) is 0.0431. The Morgan fingerprint density at radius 2 is 1.55 bits per heavy atom. The van der Waals surface area contributed by atoms with E-state index in [1.54, 1.807) is 54.6 Å². The van der Waals surface area contributed by atoms with Gasteiger partial charge in [-0.1, -0.05) is 91.7 Å². The number of fused-ring (bicyclic) bond motifs is 4. The van der Waals surface area contributed by atoms with Crippen molar-refractivity contribution >= 4 is 33.0 Å². The van der Waals surface area contributed by atoms with Gasteiger partial charge in [-0.15, -0.1) is 0 Å². The highest BCUT2D eigenvalue weighted by Gasteiger charge is 2.37. The van der Waals surface area contributed by atoms with Crippen LogP contribution in [0, 0.1) is 5.92 Å². The number of carbonyl (C=O) groups is 2. The van der Waals surface area contributed by atoms with Crippen LogP contribution in [0.2, 0.25) is 0 Å². The Morgan fingerprint density at radius 1 is 0.821 bits per heavy atom. The van der Waals surface area contributed by atoms with Crippen molar-refractivity contribution in [2.24, 2.45) is 5.92 Å². The Labute approximate surface area is 390 Å². The number of nitrogens with one attached hydrogen (secondary N) is 2. The van der Waals surface area contributed by atoms with Crippen molar-refractivity contribution in [1.29, 1.82) is 0 Å². The molecule has 9 rings (SSSR count). The van der Waals surface area contributed by atoms with Crippen LogP contribution in [0.4, 0.5) is 4.79 Å². The SMILES string of the molecule is O=C(N[C@@H](c1ccccc1)c1cccc(OCc2ccc(C(=O)OCCN(CCCCC[C@H](O)c3ccc(O)c4[nH]c(=O)ccc34)S(=O)(=O)c3ccccc3)cc2)c1)O[C@H]1CN2CCC1CC2. The molecular weight excluding hydrogens is 873 g/mol. The van der Waals surface area contributed by atoms with Gasteiger partial charge < -0.3 is 34.7 Å². The van der Waals surface area contributed by atoms with Crippen LogP contribution < -0.4 is 15.6 Å². The van der Waals surface area contributed by atoms with Crippen LogP contribution in [-0.4, -0.2) is 90.3 Å². The van der Waals surface area contributed by atoms with E-state index >= 15 is 0 Å². The summed E-state index contributed by atoms with van der Waals surface area (Å²) in [5.41, 5.74) is 3.32. The zero-order valence-corrected chi connectivity index (χ0v) is 38.0. The van der Waals surface area contributed by atoms with Gasteiger partial charge in [0.1, 0.15) is 30.8 Å². The molecule has 6 aromatic rings. The molecule has 4 N–H and O–H groups in total. The number of nitrogens with zero attached hydrogens (tertiary/aromatic N) is 2. The third-order valence-corrected chi connectivity index (χ3v) is 14.6. The molecule has 4 heterocycles. The third kappa shape index (κ3) is 11.9. The Morgan fingerprint density at radius 3 is 2.28 bits per heavy atom. The van der Waals surface area contributed by atoms with Gasteiger partial charge in [-0.3, -0.25) is 9.69 Å². The number of aliphatic hydroxyl groups is 1. The molecule has 2 bridgehead atoms. The molecule has 3 aliphatic rings. The molecule has 15 heteroatoms. The smallest absolute Gasteiger partial charge is 0.408 e. The second-order valence-corrected chi connectivity index (χ2v) is 19.1. The summed E-state index contributed by atoms with van der Waals surface area (Å²) >= 11 is 0. The van der Waals surface area contributed by atoms with Crippen molar-refractivity contribution in [3.05, 3.63) is 172 Å². The second kappa shape index (κ2) is 21.9. The molecule has 3 fully saturated rings. The fourth-order valence-corrected chi connectivity index (χ4v) is 10.4. The highest BCUT2D eigenvalue weighted by Crippen LogP contribution is 2.33. The summed E-state index contributed by atoms with van der Waals surface area (Å²) in [5, 5.41) is 24.9. The topological polar surface area (TPSA) is 188 Å². The fraction of sp³-hybridized carbons (Fsp3) is 0.327. The summed E-state index contributed by atoms with van der Waals surface area (Å²) in [5.74, 6) is 0.314. The van der Waals surface area contributed by atoms with Gasteiger partial charge in [0.25, 0.3) is 0 Å². The number of H-pyrrole nitrogens is 1. The maximum Gasteiger partial charge on any atom is 0.408 e. The Kier molecular flexibility index (Phi) is 15.3. The molecule has 0 saturated carbocycles. The number of aromatic nitrogens is 1. The Hall–Kier alpha value is -6.52. The predicted molar refractivity (Wildman–Crippen MR) is 253 cm³/mol. The highest BCUT2D eigenvalue weighted by atomic mass is 32.2. The van der Waals surface area contributed by atoms with Crippen LogP contribution in [0.5, 0.6) is 11.5 Å². The predicted octanol–water partition coefficient (Wildman–Crippen LogP) is 7.86. The number of aromatic hydroxyl groups is 1. The number of sulfonamides is 1. The van der Waals surface area contributed by atoms with E-state index in [0.29, 0.717) is 53.9 Å². The van der Waals surface area contributed by atoms with E-state index in [0.717, 1.165) is 49.2 Å². The van der Waals surface area contributed by atoms with Gasteiger partial charge in [0.15, 0.2) is 0 Å². The molecule has 1 amide bonds. The molecular formula is C52H56N4O10S. The number of piperidine rings is 3. The first-order valence-electron chi connectivity index (χ1n) is 22.8. The number of phenolic OH excluding ortho intramolecular Hbond substituents is 1. The number of amides is 1. The summed E-state index contributed by atoms with van der Waals surface area (Å²) in [6.45, 7) is 3.04. The van der Waals surface area contributed by atoms with Gasteiger partial charge in [0.05, 0.1) is 28.1 Å². The number of unbranched alkanes of at least 4 members (excludes halogenated alkanes) is 2. The lowest BCUT2D eigenvalue weighted by atomic mass is 9.86. The fourth-order valence-electron chi connectivity index (χ4n) is 8.95. The van der Waals surface area contributed by atoms with Crippen molar-refractivity contribution in [2.75, 3.05) is 39.3 Å². The minimum absolute atomic E-state index is 0.0597. The zero-order valence-electron chi connectivity index (χ0n) is 37.2. The molecule has 350 valence electrons. The van der Waals surface area contributed by atoms with E-state index in [1.165, 1.54) is 28.6 Å². The maximum atomic E-state index is 13.7. The van der Waals surface area contributed by atoms with E-state index in [-0.39, 0.29) is 54.1 Å². The average molecular weight is 929 g/mol. The van der Waals surface area contributed by atoms with Gasteiger partial charge in [-0.25, -0.2) is 18.0 Å². The van der Waals surface area contributed by atoms with Gasteiger partial charge in [-0.2, -0.15) is 4.31 Å². The number of alkyl carbamates (subject to hydrolysis) is 1. The number of hydrogen-bond acceptors (Lipinski definition) is 11. The molecule has 3 saturated heterocycles. The molecule has 3 atom stereocenters. The molecule has 5 aromatic carbocycles. The molecule has 0 aliphatic carbocycles. The number of aromatic amines is 1. The second-order valence-electron chi connectivity index (χ2n) is 17.1. The van der Waals surface area contributed by atoms with Crippen molar-refractivity contribution in [3.8, 4) is 11.5 Å². The molecule has 1 aromatic heterocycles. The van der Waals surface area contributed by atoms with Crippen molar-refractivity contribution in [1.82, 2.24) is 19.5 Å². The standard InChI is InChI=1S/C52H56N4O10S/c57-45(43-22-24-46(58)50-44(43)23-25-48(59)53-50)17-8-3-9-28-56(67(62,63)42-15-6-2-7-16-42)31-32-64-51(60)39-20-18-36(19-21-39)35-65-41-14-10-13-40(33-41)49(38-11-4-1-5-12-38)54-52(61)66-47-34-55-29-26-37(47)27-30-55/h1-2,4-7,10-16,18-25,33,37,45,47,49,57-58H,3,8-9,17,26-32,34-35H2,(H,53,59)(H,54,61)/t45-,47-,49-/m0/s1. The summed E-state index contributed by atoms with van der Waals surface area (Å²) in [4.78, 5) is 43.3. The van der Waals surface area contributed by atoms with E-state index in [9.17, 15) is 33.0 Å². The first kappa shape index (κ1) is 47.0. The molecule has 14 nitrogen and oxygen atoms in total. The molecule has 0 spiro atoms. The van der Waals surface area contributed by atoms with Gasteiger partial charge in [0.2, 0.25) is 15.6 Å². The largest absolute Gasteiger partial charge is 0.506 e. The van der Waals surface area contributed by atoms with Crippen molar-refractivity contribution in [2.45, 2.75) is 68.3 Å². The normalized spacial score (nSPS) is 17.7. The number of esters is 1. The van der Waals surface area contributed by atoms with E-state index in [4.69, 9.17) is 14.2 Å². The van der Waals surface area contributed by atoms with Gasteiger partial charge in [0, 0.05) is 31.1 Å². The van der Waals surface area contributed by atoms with Crippen LogP contribution in [0.3, 0.4) is 0 Å². The number of carbonyl (C=O) groups excluding carboxylic acids is 2. The molecule has 0 unspecified atom stereocenters. The van der Waals surface area contributed by atoms with E-state index in [2.05, 4.69) is 15.2 Å². The number of aliphatic hydroxyl groups excluding tert-OH is 1. The first-order valence-corrected chi connectivity index (χ1v) is 24.3. The number of phenols is 1. The van der Waals surface area contributed by atoms with Crippen LogP contribution >= 0.6 is 0 Å². The minimum atomic E-state index is -3.91. The lowest BCUT2D eigenvalue weighted by Gasteiger charge is -2.43. The number of hydrogen-bond donors (Lipinski definition) is 4. The first-order chi connectivity index (χ1) is 32.5. The minimum Gasteiger partial charge on any atom is -0.506 e. The van der Waals surface area contributed by atoms with Crippen LogP contribution in [0.25, 0.3) is 10.9 Å². The Bertz CT molecular complexity index is 2780. The van der Waals surface area contributed by atoms with Crippen LogP contribution in [0.15, 0.2) is 143 Å². The van der Waals surface area contributed by atoms with Crippen LogP contribution in [-0.2, 0) is 26.1 Å². The number of pyridine rings is 1. The van der Waals surface area contributed by atoms with Gasteiger partial charge in [-0.05, 0) is 115 Å². The number of ether oxygens (including phenoxy) is 3. The van der Waals surface area contributed by atoms with E-state index in [1.807, 2.05) is 54.6 Å². The molecule has 0 radical (unpaired) electrons. The lowest BCUT2D eigenvalue weighted by molar-refractivity contribution is -0.0336. The summed E-state index contributed by atoms with van der Waals surface area (Å²) < 4.78 is 46.5. The van der Waals surface area contributed by atoms with Gasteiger partial charge >= 0.3 is 12.1 Å². The highest BCUT2D eigenvalue weighted by molar-refractivity contribution is 7.89. The number of rotatable bonds is 20. The van der Waals surface area contributed by atoms with Crippen molar-refractivity contribution < 1.29 is 42.4 Å². The Balaban J connectivity index is 0.829. The van der Waals surface area contributed by atoms with Crippen molar-refractivity contribution in [3.63, 3.8) is 0 Å². The summed E-state index contributed by atoms with van der Waals surface area (Å²) in [6, 6.07) is 37.7. The third-order valence-electron chi connectivity index (χ3n) is 12.6. The monoisotopic (exact) mass is 928 g/mol. The van der Waals surface area contributed by atoms with Crippen LogP contribution in [0.1, 0.15) is 83.3 Å². The maximum absolute atomic E-state index is 13.7. The zero-order chi connectivity index (χ0) is 46.8. The lowest BCUT2D eigenvalue weighted by Crippen LogP contribution is -2.52.